The summed E-state index contributed by atoms with van der Waals surface area (Å²) in [4.78, 5) is 6.04. The van der Waals surface area contributed by atoms with E-state index in [0.717, 1.165) is 48.3 Å². The lowest BCUT2D eigenvalue weighted by Crippen LogP contribution is -2.45. The summed E-state index contributed by atoms with van der Waals surface area (Å²) in [6, 6.07) is 18.7. The number of benzene rings is 2. The lowest BCUT2D eigenvalue weighted by atomic mass is 10.1. The largest absolute Gasteiger partial charge is 0.368 e. The van der Waals surface area contributed by atoms with Gasteiger partial charge in [-0.2, -0.15) is 0 Å². The Bertz CT molecular complexity index is 896. The molecule has 0 radical (unpaired) electrons. The van der Waals surface area contributed by atoms with Crippen molar-refractivity contribution < 1.29 is 0 Å². The number of thioether (sulfide) groups is 1. The summed E-state index contributed by atoms with van der Waals surface area (Å²) in [5, 5.41) is 0.833. The Morgan fingerprint density at radius 3 is 2.39 bits per heavy atom. The van der Waals surface area contributed by atoms with E-state index in [0.29, 0.717) is 0 Å². The van der Waals surface area contributed by atoms with E-state index in [1.165, 1.54) is 22.5 Å². The van der Waals surface area contributed by atoms with E-state index in [-0.39, 0.29) is 0 Å². The standard InChI is InChI=1S/C24H25ClN2S/c1-19(26-13-15-27(16-14-26)22-7-3-2-4-8-22)21-12-11-20(17-21)18-28-24-10-6-5-9-23(24)25/h2-12H,1,13-18H2. The fraction of sp³-hybridized carbons (Fsp3) is 0.250. The second-order valence-corrected chi connectivity index (χ2v) is 8.59. The Morgan fingerprint density at radius 1 is 0.929 bits per heavy atom. The van der Waals surface area contributed by atoms with Gasteiger partial charge in [-0.15, -0.1) is 11.8 Å². The van der Waals surface area contributed by atoms with Crippen LogP contribution in [0.15, 0.2) is 95.1 Å². The molecule has 1 aliphatic carbocycles. The van der Waals surface area contributed by atoms with Crippen LogP contribution in [0.1, 0.15) is 6.42 Å². The molecule has 0 atom stereocenters. The maximum Gasteiger partial charge on any atom is 0.0541 e. The minimum absolute atomic E-state index is 0.833. The fourth-order valence-electron chi connectivity index (χ4n) is 3.69. The Morgan fingerprint density at radius 2 is 1.64 bits per heavy atom. The van der Waals surface area contributed by atoms with Gasteiger partial charge in [-0.1, -0.05) is 66.2 Å². The Balaban J connectivity index is 1.26. The molecular formula is C24H25ClN2S. The summed E-state index contributed by atoms with van der Waals surface area (Å²) in [6.07, 6.45) is 5.49. The van der Waals surface area contributed by atoms with E-state index < -0.39 is 0 Å². The number of hydrogen-bond acceptors (Lipinski definition) is 3. The maximum atomic E-state index is 6.27. The van der Waals surface area contributed by atoms with Crippen molar-refractivity contribution in [3.05, 3.63) is 95.2 Å². The molecule has 2 aliphatic rings. The molecule has 0 unspecified atom stereocenters. The number of piperazine rings is 1. The van der Waals surface area contributed by atoms with E-state index in [1.807, 2.05) is 30.0 Å². The van der Waals surface area contributed by atoms with Crippen molar-refractivity contribution in [1.82, 2.24) is 4.90 Å². The summed E-state index contributed by atoms with van der Waals surface area (Å²) >= 11 is 8.08. The summed E-state index contributed by atoms with van der Waals surface area (Å²) < 4.78 is 0. The molecule has 0 spiro atoms. The number of anilines is 1. The Labute approximate surface area is 177 Å². The lowest BCUT2D eigenvalue weighted by molar-refractivity contribution is 0.327. The maximum absolute atomic E-state index is 6.27. The van der Waals surface area contributed by atoms with Gasteiger partial charge in [-0.05, 0) is 36.3 Å². The molecule has 1 saturated heterocycles. The van der Waals surface area contributed by atoms with Crippen LogP contribution in [-0.2, 0) is 0 Å². The number of halogens is 1. The summed E-state index contributed by atoms with van der Waals surface area (Å²) in [6.45, 7) is 8.53. The fourth-order valence-corrected chi connectivity index (χ4v) is 4.91. The zero-order valence-electron chi connectivity index (χ0n) is 16.0. The van der Waals surface area contributed by atoms with Gasteiger partial charge in [0.2, 0.25) is 0 Å². The summed E-state index contributed by atoms with van der Waals surface area (Å²) in [5.41, 5.74) is 5.28. The van der Waals surface area contributed by atoms with Crippen molar-refractivity contribution in [2.75, 3.05) is 36.8 Å². The molecule has 0 aromatic heterocycles. The predicted octanol–water partition coefficient (Wildman–Crippen LogP) is 6.02. The van der Waals surface area contributed by atoms with Gasteiger partial charge in [0.05, 0.1) is 5.02 Å². The Kier molecular flexibility index (Phi) is 6.13. The minimum Gasteiger partial charge on any atom is -0.368 e. The molecule has 28 heavy (non-hydrogen) atoms. The molecule has 2 aromatic carbocycles. The molecule has 1 aliphatic heterocycles. The number of hydrogen-bond donors (Lipinski definition) is 0. The Hall–Kier alpha value is -2.10. The van der Waals surface area contributed by atoms with Crippen LogP contribution in [0.5, 0.6) is 0 Å². The van der Waals surface area contributed by atoms with Crippen molar-refractivity contribution in [2.24, 2.45) is 0 Å². The molecule has 0 bridgehead atoms. The zero-order valence-corrected chi connectivity index (χ0v) is 17.6. The lowest BCUT2D eigenvalue weighted by Gasteiger charge is -2.38. The molecule has 144 valence electrons. The highest BCUT2D eigenvalue weighted by Crippen LogP contribution is 2.33. The van der Waals surface area contributed by atoms with Crippen LogP contribution < -0.4 is 4.90 Å². The van der Waals surface area contributed by atoms with Crippen molar-refractivity contribution in [3.8, 4) is 0 Å². The SMILES string of the molecule is C=C(C1=CC=C(CSc2ccccc2Cl)C1)N1CCN(c2ccccc2)CC1. The quantitative estimate of drug-likeness (QED) is 0.539. The van der Waals surface area contributed by atoms with E-state index in [4.69, 9.17) is 11.6 Å². The number of para-hydroxylation sites is 1. The molecule has 2 nitrogen and oxygen atoms in total. The first-order chi connectivity index (χ1) is 13.7. The van der Waals surface area contributed by atoms with E-state index in [2.05, 4.69) is 64.9 Å². The van der Waals surface area contributed by atoms with Gasteiger partial charge >= 0.3 is 0 Å². The molecule has 0 saturated carbocycles. The van der Waals surface area contributed by atoms with Gasteiger partial charge in [-0.25, -0.2) is 0 Å². The molecule has 1 heterocycles. The van der Waals surface area contributed by atoms with Gasteiger partial charge < -0.3 is 9.80 Å². The van der Waals surface area contributed by atoms with Crippen molar-refractivity contribution in [2.45, 2.75) is 11.3 Å². The first-order valence-corrected chi connectivity index (χ1v) is 11.1. The van der Waals surface area contributed by atoms with Crippen molar-refractivity contribution in [1.29, 1.82) is 0 Å². The van der Waals surface area contributed by atoms with Crippen molar-refractivity contribution >= 4 is 29.1 Å². The molecule has 1 fully saturated rings. The molecular weight excluding hydrogens is 384 g/mol. The van der Waals surface area contributed by atoms with Gasteiger partial charge in [0, 0.05) is 48.2 Å². The third kappa shape index (κ3) is 4.48. The predicted molar refractivity (Wildman–Crippen MR) is 122 cm³/mol. The molecule has 0 amide bonds. The summed E-state index contributed by atoms with van der Waals surface area (Å²) in [7, 11) is 0. The van der Waals surface area contributed by atoms with Gasteiger partial charge in [0.25, 0.3) is 0 Å². The highest BCUT2D eigenvalue weighted by molar-refractivity contribution is 7.99. The smallest absolute Gasteiger partial charge is 0.0541 e. The van der Waals surface area contributed by atoms with Gasteiger partial charge in [-0.3, -0.25) is 0 Å². The highest BCUT2D eigenvalue weighted by atomic mass is 35.5. The third-order valence-corrected chi connectivity index (χ3v) is 6.96. The highest BCUT2D eigenvalue weighted by Gasteiger charge is 2.21. The zero-order chi connectivity index (χ0) is 19.3. The first-order valence-electron chi connectivity index (χ1n) is 9.71. The number of allylic oxidation sites excluding steroid dienone is 3. The molecule has 0 N–H and O–H groups in total. The third-order valence-electron chi connectivity index (χ3n) is 5.34. The average Bonchev–Trinajstić information content (AvgIpc) is 3.22. The van der Waals surface area contributed by atoms with E-state index in [9.17, 15) is 0 Å². The molecule has 4 rings (SSSR count). The van der Waals surface area contributed by atoms with Gasteiger partial charge in [0.15, 0.2) is 0 Å². The normalized spacial score (nSPS) is 16.8. The second-order valence-electron chi connectivity index (χ2n) is 7.17. The van der Waals surface area contributed by atoms with Crippen LogP contribution >= 0.6 is 23.4 Å². The first kappa shape index (κ1) is 19.2. The van der Waals surface area contributed by atoms with Gasteiger partial charge in [0.1, 0.15) is 0 Å². The number of nitrogens with zero attached hydrogens (tertiary/aromatic N) is 2. The van der Waals surface area contributed by atoms with E-state index in [1.54, 1.807) is 0 Å². The molecule has 4 heteroatoms. The van der Waals surface area contributed by atoms with E-state index >= 15 is 0 Å². The van der Waals surface area contributed by atoms with Crippen molar-refractivity contribution in [3.63, 3.8) is 0 Å². The topological polar surface area (TPSA) is 6.48 Å². The van der Waals surface area contributed by atoms with Crippen LogP contribution in [-0.4, -0.2) is 36.8 Å². The van der Waals surface area contributed by atoms with Crippen LogP contribution in [0, 0.1) is 0 Å². The summed E-state index contributed by atoms with van der Waals surface area (Å²) in [5.74, 6) is 0.971. The van der Waals surface area contributed by atoms with Crippen LogP contribution in [0.3, 0.4) is 0 Å². The second kappa shape index (κ2) is 8.93. The average molecular weight is 409 g/mol. The minimum atomic E-state index is 0.833. The van der Waals surface area contributed by atoms with Crippen LogP contribution in [0.25, 0.3) is 0 Å². The number of rotatable bonds is 6. The van der Waals surface area contributed by atoms with Crippen LogP contribution in [0.4, 0.5) is 5.69 Å². The molecule has 2 aromatic rings. The monoisotopic (exact) mass is 408 g/mol. The van der Waals surface area contributed by atoms with Crippen LogP contribution in [0.2, 0.25) is 5.02 Å².